The number of carboxylic acid groups (broad SMARTS) is 1. The number of ketones is 1. The van der Waals surface area contributed by atoms with Crippen molar-refractivity contribution in [3.8, 4) is 0 Å². The number of rotatable bonds is 3. The van der Waals surface area contributed by atoms with Crippen LogP contribution in [0.5, 0.6) is 0 Å². The summed E-state index contributed by atoms with van der Waals surface area (Å²) in [5, 5.41) is 18.1. The van der Waals surface area contributed by atoms with Crippen molar-refractivity contribution >= 4 is 11.8 Å². The van der Waals surface area contributed by atoms with Crippen molar-refractivity contribution in [3.05, 3.63) is 11.6 Å². The molecule has 0 spiro atoms. The molecule has 5 rings (SSSR count). The first-order chi connectivity index (χ1) is 15.3. The molecule has 0 bridgehead atoms. The van der Waals surface area contributed by atoms with E-state index in [9.17, 15) is 9.90 Å². The molecule has 1 aliphatic heterocycles. The van der Waals surface area contributed by atoms with Crippen molar-refractivity contribution in [1.82, 2.24) is 0 Å². The maximum Gasteiger partial charge on any atom is 0.300 e. The van der Waals surface area contributed by atoms with E-state index in [1.165, 1.54) is 12.0 Å². The van der Waals surface area contributed by atoms with E-state index in [-0.39, 0.29) is 29.8 Å². The lowest BCUT2D eigenvalue weighted by atomic mass is 9.47. The Hall–Kier alpha value is -1.24. The number of hydrogen-bond acceptors (Lipinski definition) is 5. The summed E-state index contributed by atoms with van der Waals surface area (Å²) in [6.07, 6.45) is 13.9. The molecule has 1 saturated heterocycles. The number of carbonyl (C=O) groups excluding carboxylic acids is 1. The highest BCUT2D eigenvalue weighted by Crippen LogP contribution is 2.64. The number of aliphatic hydroxyl groups excluding tert-OH is 1. The minimum absolute atomic E-state index is 0.0750. The zero-order valence-corrected chi connectivity index (χ0v) is 19.7. The normalized spacial score (nSPS) is 43.2. The van der Waals surface area contributed by atoms with Crippen LogP contribution in [-0.4, -0.2) is 47.6 Å². The fourth-order valence-corrected chi connectivity index (χ4v) is 7.72. The maximum atomic E-state index is 12.6. The van der Waals surface area contributed by atoms with Gasteiger partial charge in [-0.15, -0.1) is 0 Å². The third-order valence-electron chi connectivity index (χ3n) is 9.21. The van der Waals surface area contributed by atoms with Crippen molar-refractivity contribution in [3.63, 3.8) is 0 Å². The molecule has 32 heavy (non-hydrogen) atoms. The number of carbonyl (C=O) groups is 2. The molecule has 0 aromatic heterocycles. The first-order valence-electron chi connectivity index (χ1n) is 12.6. The first-order valence-corrected chi connectivity index (χ1v) is 12.6. The van der Waals surface area contributed by atoms with Crippen LogP contribution in [0.1, 0.15) is 84.5 Å². The predicted molar refractivity (Wildman–Crippen MR) is 120 cm³/mol. The van der Waals surface area contributed by atoms with Crippen molar-refractivity contribution in [2.75, 3.05) is 13.2 Å². The SMILES string of the molecule is CC(=O)O.C[C@]12CCC3C(CC=C4C(OC5CCCCO5)CCC[C@@]43CO)C1CCC2=O. The second-order valence-corrected chi connectivity index (χ2v) is 10.8. The van der Waals surface area contributed by atoms with Crippen LogP contribution in [0.25, 0.3) is 0 Å². The van der Waals surface area contributed by atoms with Crippen molar-refractivity contribution in [2.45, 2.75) is 96.9 Å². The van der Waals surface area contributed by atoms with Gasteiger partial charge in [0.25, 0.3) is 5.97 Å². The highest BCUT2D eigenvalue weighted by molar-refractivity contribution is 5.87. The number of allylic oxidation sites excluding steroid dienone is 1. The molecule has 0 radical (unpaired) electrons. The summed E-state index contributed by atoms with van der Waals surface area (Å²) in [4.78, 5) is 21.6. The average molecular weight is 449 g/mol. The minimum atomic E-state index is -0.833. The van der Waals surface area contributed by atoms with E-state index in [0.29, 0.717) is 23.5 Å². The van der Waals surface area contributed by atoms with Gasteiger partial charge in [0, 0.05) is 30.8 Å². The summed E-state index contributed by atoms with van der Waals surface area (Å²) in [5.41, 5.74) is 1.13. The molecule has 4 aliphatic carbocycles. The molecular formula is C26H40O6. The maximum absolute atomic E-state index is 12.6. The Balaban J connectivity index is 0.000000567. The molecule has 3 saturated carbocycles. The zero-order chi connectivity index (χ0) is 22.9. The van der Waals surface area contributed by atoms with Gasteiger partial charge >= 0.3 is 0 Å². The Labute approximate surface area is 191 Å². The molecule has 0 aromatic rings. The third kappa shape index (κ3) is 4.19. The highest BCUT2D eigenvalue weighted by atomic mass is 16.7. The van der Waals surface area contributed by atoms with Crippen LogP contribution in [0.2, 0.25) is 0 Å². The number of aliphatic hydroxyl groups is 1. The summed E-state index contributed by atoms with van der Waals surface area (Å²) in [6, 6.07) is 0. The monoisotopic (exact) mass is 448 g/mol. The Bertz CT molecular complexity index is 737. The number of fused-ring (bicyclic) bond motifs is 5. The molecule has 6 heteroatoms. The van der Waals surface area contributed by atoms with Crippen LogP contribution in [0.4, 0.5) is 0 Å². The van der Waals surface area contributed by atoms with E-state index in [4.69, 9.17) is 19.4 Å². The van der Waals surface area contributed by atoms with E-state index in [2.05, 4.69) is 13.0 Å². The van der Waals surface area contributed by atoms with Crippen LogP contribution < -0.4 is 0 Å². The number of hydrogen-bond donors (Lipinski definition) is 2. The second-order valence-electron chi connectivity index (χ2n) is 10.8. The lowest BCUT2D eigenvalue weighted by Gasteiger charge is -2.58. The van der Waals surface area contributed by atoms with Crippen molar-refractivity contribution in [1.29, 1.82) is 0 Å². The fourth-order valence-electron chi connectivity index (χ4n) is 7.72. The minimum Gasteiger partial charge on any atom is -0.481 e. The van der Waals surface area contributed by atoms with Gasteiger partial charge in [-0.2, -0.15) is 0 Å². The van der Waals surface area contributed by atoms with Gasteiger partial charge in [0.1, 0.15) is 5.78 Å². The van der Waals surface area contributed by atoms with E-state index >= 15 is 0 Å². The number of aliphatic carboxylic acids is 1. The van der Waals surface area contributed by atoms with Gasteiger partial charge in [-0.25, -0.2) is 0 Å². The summed E-state index contributed by atoms with van der Waals surface area (Å²) < 4.78 is 12.3. The van der Waals surface area contributed by atoms with Gasteiger partial charge in [0.05, 0.1) is 12.7 Å². The Kier molecular flexibility index (Phi) is 7.14. The van der Waals surface area contributed by atoms with Crippen LogP contribution in [-0.2, 0) is 19.1 Å². The average Bonchev–Trinajstić information content (AvgIpc) is 3.08. The van der Waals surface area contributed by atoms with Crippen LogP contribution in [0.15, 0.2) is 11.6 Å². The smallest absolute Gasteiger partial charge is 0.300 e. The molecule has 5 aliphatic rings. The lowest BCUT2D eigenvalue weighted by molar-refractivity contribution is -0.193. The van der Waals surface area contributed by atoms with Crippen LogP contribution in [0.3, 0.4) is 0 Å². The molecule has 180 valence electrons. The van der Waals surface area contributed by atoms with E-state index < -0.39 is 5.97 Å². The summed E-state index contributed by atoms with van der Waals surface area (Å²) in [7, 11) is 0. The van der Waals surface area contributed by atoms with Crippen LogP contribution >= 0.6 is 0 Å². The van der Waals surface area contributed by atoms with E-state index in [1.54, 1.807) is 0 Å². The lowest BCUT2D eigenvalue weighted by Crippen LogP contribution is -2.54. The number of carboxylic acids is 1. The summed E-state index contributed by atoms with van der Waals surface area (Å²) in [5.74, 6) is 1.21. The molecule has 6 nitrogen and oxygen atoms in total. The molecule has 0 aromatic carbocycles. The summed E-state index contributed by atoms with van der Waals surface area (Å²) in [6.45, 7) is 4.34. The van der Waals surface area contributed by atoms with Gasteiger partial charge in [-0.05, 0) is 87.5 Å². The van der Waals surface area contributed by atoms with Gasteiger partial charge in [-0.3, -0.25) is 9.59 Å². The number of ether oxygens (including phenoxy) is 2. The molecule has 7 atom stereocenters. The fraction of sp³-hybridized carbons (Fsp3) is 0.846. The predicted octanol–water partition coefficient (Wildman–Crippen LogP) is 4.49. The van der Waals surface area contributed by atoms with Crippen molar-refractivity contribution in [2.24, 2.45) is 28.6 Å². The molecule has 0 amide bonds. The largest absolute Gasteiger partial charge is 0.481 e. The third-order valence-corrected chi connectivity index (χ3v) is 9.21. The number of Topliss-reactive ketones (excluding diaryl/α,β-unsaturated/α-hetero) is 1. The first kappa shape index (κ1) is 23.9. The highest BCUT2D eigenvalue weighted by Gasteiger charge is 2.60. The molecule has 5 unspecified atom stereocenters. The standard InChI is InChI=1S/C24H36O4.C2H4O2/c1-23-13-11-18-16(17(23)9-10-21(23)26)7-8-19-20(5-4-12-24(18,19)15-25)28-22-6-2-3-14-27-22;1-2(3)4/h8,16-18,20,22,25H,2-7,9-15H2,1H3;1H3,(H,3,4)/t16?,17?,18?,20?,22?,23-,24-;/m0./s1. The Morgan fingerprint density at radius 3 is 2.62 bits per heavy atom. The zero-order valence-electron chi connectivity index (χ0n) is 19.7. The Morgan fingerprint density at radius 1 is 1.16 bits per heavy atom. The molecule has 1 heterocycles. The second kappa shape index (κ2) is 9.55. The molecular weight excluding hydrogens is 408 g/mol. The van der Waals surface area contributed by atoms with Gasteiger partial charge in [0.15, 0.2) is 6.29 Å². The molecule has 4 fully saturated rings. The van der Waals surface area contributed by atoms with Crippen molar-refractivity contribution < 1.29 is 29.3 Å². The molecule has 2 N–H and O–H groups in total. The van der Waals surface area contributed by atoms with Gasteiger partial charge < -0.3 is 19.7 Å². The topological polar surface area (TPSA) is 93.1 Å². The Morgan fingerprint density at radius 2 is 1.94 bits per heavy atom. The van der Waals surface area contributed by atoms with Crippen LogP contribution in [0, 0.1) is 28.6 Å². The quantitative estimate of drug-likeness (QED) is 0.618. The van der Waals surface area contributed by atoms with Gasteiger partial charge in [-0.1, -0.05) is 13.0 Å². The summed E-state index contributed by atoms with van der Waals surface area (Å²) >= 11 is 0. The van der Waals surface area contributed by atoms with E-state index in [1.807, 2.05) is 0 Å². The van der Waals surface area contributed by atoms with Gasteiger partial charge in [0.2, 0.25) is 0 Å². The van der Waals surface area contributed by atoms with E-state index in [0.717, 1.165) is 77.7 Å².